The van der Waals surface area contributed by atoms with Crippen molar-refractivity contribution in [3.8, 4) is 0 Å². The van der Waals surface area contributed by atoms with Crippen LogP contribution in [-0.2, 0) is 9.84 Å². The summed E-state index contributed by atoms with van der Waals surface area (Å²) in [5.74, 6) is 0. The van der Waals surface area contributed by atoms with E-state index in [0.29, 0.717) is 5.56 Å². The molecule has 0 N–H and O–H groups in total. The lowest BCUT2D eigenvalue weighted by molar-refractivity contribution is -0.384. The number of sulfone groups is 1. The van der Waals surface area contributed by atoms with Crippen molar-refractivity contribution >= 4 is 27.1 Å². The third kappa shape index (κ3) is 2.81. The average molecular weight is 312 g/mol. The van der Waals surface area contributed by atoms with Crippen molar-refractivity contribution in [3.05, 3.63) is 70.3 Å². The average Bonchev–Trinajstić information content (AvgIpc) is 2.47. The number of nitro benzene ring substituents is 1. The molecule has 0 saturated carbocycles. The van der Waals surface area contributed by atoms with E-state index >= 15 is 0 Å². The highest BCUT2D eigenvalue weighted by Gasteiger charge is 2.27. The van der Waals surface area contributed by atoms with E-state index < -0.39 is 19.5 Å². The second-order valence-corrected chi connectivity index (χ2v) is 6.75. The minimum atomic E-state index is -3.73. The number of nitrogens with zero attached hydrogens (tertiary/aromatic N) is 1. The molecule has 0 fully saturated rings. The fraction of sp³-hybridized carbons (Fsp3) is 0.0769. The largest absolute Gasteiger partial charge is 0.269 e. The van der Waals surface area contributed by atoms with Gasteiger partial charge in [0.2, 0.25) is 0 Å². The standard InChI is InChI=1S/C13H10ClNO4S/c14-13(10-6-8-11(9-7-10)15(16)17)20(18,19)12-4-2-1-3-5-12/h1-9,13H/t13-/m1/s1. The molecule has 0 radical (unpaired) electrons. The Bertz CT molecular complexity index is 714. The minimum absolute atomic E-state index is 0.110. The predicted octanol–water partition coefficient (Wildman–Crippen LogP) is 3.31. The van der Waals surface area contributed by atoms with Crippen LogP contribution in [0, 0.1) is 10.1 Å². The van der Waals surface area contributed by atoms with Gasteiger partial charge in [0.05, 0.1) is 9.82 Å². The van der Waals surface area contributed by atoms with Gasteiger partial charge in [-0.25, -0.2) is 8.42 Å². The summed E-state index contributed by atoms with van der Waals surface area (Å²) >= 11 is 6.01. The zero-order chi connectivity index (χ0) is 14.8. The molecule has 0 bridgehead atoms. The van der Waals surface area contributed by atoms with Crippen LogP contribution >= 0.6 is 11.6 Å². The molecule has 2 rings (SSSR count). The van der Waals surface area contributed by atoms with E-state index in [9.17, 15) is 18.5 Å². The van der Waals surface area contributed by atoms with Gasteiger partial charge in [-0.2, -0.15) is 0 Å². The van der Waals surface area contributed by atoms with Crippen molar-refractivity contribution in [1.29, 1.82) is 0 Å². The normalized spacial score (nSPS) is 12.8. The van der Waals surface area contributed by atoms with Gasteiger partial charge < -0.3 is 0 Å². The van der Waals surface area contributed by atoms with Crippen molar-refractivity contribution in [2.24, 2.45) is 0 Å². The molecule has 2 aromatic rings. The molecule has 0 saturated heterocycles. The molecule has 2 aromatic carbocycles. The monoisotopic (exact) mass is 311 g/mol. The number of halogens is 1. The summed E-state index contributed by atoms with van der Waals surface area (Å²) in [6, 6.07) is 13.0. The Labute approximate surface area is 120 Å². The number of benzene rings is 2. The number of non-ortho nitro benzene ring substituents is 1. The Morgan fingerprint density at radius 3 is 2.05 bits per heavy atom. The van der Waals surface area contributed by atoms with Crippen LogP contribution in [0.1, 0.15) is 10.3 Å². The Balaban J connectivity index is 2.36. The zero-order valence-electron chi connectivity index (χ0n) is 10.1. The molecule has 7 heteroatoms. The van der Waals surface area contributed by atoms with Crippen molar-refractivity contribution < 1.29 is 13.3 Å². The molecule has 0 heterocycles. The first-order chi connectivity index (χ1) is 9.43. The van der Waals surface area contributed by atoms with Gasteiger partial charge in [-0.3, -0.25) is 10.1 Å². The summed E-state index contributed by atoms with van der Waals surface area (Å²) < 4.78 is 23.3. The summed E-state index contributed by atoms with van der Waals surface area (Å²) in [6.45, 7) is 0. The Morgan fingerprint density at radius 1 is 1.00 bits per heavy atom. The maximum atomic E-state index is 12.3. The van der Waals surface area contributed by atoms with Gasteiger partial charge in [0, 0.05) is 12.1 Å². The van der Waals surface area contributed by atoms with Crippen molar-refractivity contribution in [2.75, 3.05) is 0 Å². The summed E-state index contributed by atoms with van der Waals surface area (Å²) in [7, 11) is -3.73. The van der Waals surface area contributed by atoms with E-state index in [4.69, 9.17) is 11.6 Å². The van der Waals surface area contributed by atoms with Crippen molar-refractivity contribution in [2.45, 2.75) is 9.60 Å². The summed E-state index contributed by atoms with van der Waals surface area (Å²) in [4.78, 5) is 10.1. The van der Waals surface area contributed by atoms with Gasteiger partial charge in [0.25, 0.3) is 5.69 Å². The maximum Gasteiger partial charge on any atom is 0.269 e. The zero-order valence-corrected chi connectivity index (χ0v) is 11.7. The highest BCUT2D eigenvalue weighted by molar-refractivity contribution is 7.92. The quantitative estimate of drug-likeness (QED) is 0.493. The molecule has 104 valence electrons. The van der Waals surface area contributed by atoms with Crippen LogP contribution in [0.15, 0.2) is 59.5 Å². The first-order valence-corrected chi connectivity index (χ1v) is 7.58. The van der Waals surface area contributed by atoms with Gasteiger partial charge in [-0.15, -0.1) is 0 Å². The van der Waals surface area contributed by atoms with Crippen LogP contribution in [0.3, 0.4) is 0 Å². The van der Waals surface area contributed by atoms with Crippen LogP contribution in [0.2, 0.25) is 0 Å². The van der Waals surface area contributed by atoms with Crippen LogP contribution < -0.4 is 0 Å². The number of rotatable bonds is 4. The van der Waals surface area contributed by atoms with Crippen LogP contribution in [0.4, 0.5) is 5.69 Å². The first kappa shape index (κ1) is 14.5. The molecule has 0 spiro atoms. The summed E-state index contributed by atoms with van der Waals surface area (Å²) in [5, 5.41) is 10.6. The lowest BCUT2D eigenvalue weighted by atomic mass is 10.2. The Hall–Kier alpha value is -1.92. The Morgan fingerprint density at radius 2 is 1.55 bits per heavy atom. The fourth-order valence-corrected chi connectivity index (χ4v) is 3.40. The Kier molecular flexibility index (Phi) is 4.06. The van der Waals surface area contributed by atoms with Gasteiger partial charge in [0.15, 0.2) is 14.5 Å². The molecule has 0 aliphatic heterocycles. The molecular formula is C13H10ClNO4S. The predicted molar refractivity (Wildman–Crippen MR) is 75.3 cm³/mol. The molecule has 5 nitrogen and oxygen atoms in total. The maximum absolute atomic E-state index is 12.3. The lowest BCUT2D eigenvalue weighted by Gasteiger charge is -2.11. The molecule has 20 heavy (non-hydrogen) atoms. The molecule has 0 aliphatic carbocycles. The molecule has 0 amide bonds. The topological polar surface area (TPSA) is 77.3 Å². The molecule has 0 aromatic heterocycles. The minimum Gasteiger partial charge on any atom is -0.258 e. The van der Waals surface area contributed by atoms with E-state index in [2.05, 4.69) is 0 Å². The molecule has 0 aliphatic rings. The molecule has 1 atom stereocenters. The van der Waals surface area contributed by atoms with Gasteiger partial charge in [-0.1, -0.05) is 29.8 Å². The fourth-order valence-electron chi connectivity index (χ4n) is 1.66. The third-order valence-corrected chi connectivity index (χ3v) is 5.41. The van der Waals surface area contributed by atoms with Crippen molar-refractivity contribution in [3.63, 3.8) is 0 Å². The van der Waals surface area contributed by atoms with Crippen molar-refractivity contribution in [1.82, 2.24) is 0 Å². The van der Waals surface area contributed by atoms with E-state index in [1.807, 2.05) is 0 Å². The number of hydrogen-bond acceptors (Lipinski definition) is 4. The number of hydrogen-bond donors (Lipinski definition) is 0. The second kappa shape index (κ2) is 5.60. The van der Waals surface area contributed by atoms with Gasteiger partial charge in [0.1, 0.15) is 0 Å². The van der Waals surface area contributed by atoms with E-state index in [-0.39, 0.29) is 10.6 Å². The number of nitro groups is 1. The highest BCUT2D eigenvalue weighted by atomic mass is 35.5. The third-order valence-electron chi connectivity index (χ3n) is 2.71. The van der Waals surface area contributed by atoms with E-state index in [0.717, 1.165) is 0 Å². The summed E-state index contributed by atoms with van der Waals surface area (Å²) in [6.07, 6.45) is 0. The second-order valence-electron chi connectivity index (χ2n) is 4.02. The van der Waals surface area contributed by atoms with Crippen LogP contribution in [-0.4, -0.2) is 13.3 Å². The van der Waals surface area contributed by atoms with Crippen LogP contribution in [0.5, 0.6) is 0 Å². The summed E-state index contributed by atoms with van der Waals surface area (Å²) in [5.41, 5.74) is 0.177. The highest BCUT2D eigenvalue weighted by Crippen LogP contribution is 2.32. The van der Waals surface area contributed by atoms with E-state index in [1.165, 1.54) is 36.4 Å². The van der Waals surface area contributed by atoms with Crippen LogP contribution in [0.25, 0.3) is 0 Å². The van der Waals surface area contributed by atoms with E-state index in [1.54, 1.807) is 18.2 Å². The number of alkyl halides is 1. The first-order valence-electron chi connectivity index (χ1n) is 5.60. The molecule has 0 unspecified atom stereocenters. The van der Waals surface area contributed by atoms with Gasteiger partial charge >= 0.3 is 0 Å². The molecular weight excluding hydrogens is 302 g/mol. The van der Waals surface area contributed by atoms with Gasteiger partial charge in [-0.05, 0) is 29.8 Å². The SMILES string of the molecule is O=[N+]([O-])c1ccc([C@H](Cl)S(=O)(=O)c2ccccc2)cc1. The smallest absolute Gasteiger partial charge is 0.258 e. The lowest BCUT2D eigenvalue weighted by Crippen LogP contribution is -2.08.